The van der Waals surface area contributed by atoms with E-state index >= 15 is 0 Å². The highest BCUT2D eigenvalue weighted by molar-refractivity contribution is 7.71. The molecule has 112 valence electrons. The highest BCUT2D eigenvalue weighted by atomic mass is 32.1. The van der Waals surface area contributed by atoms with Gasteiger partial charge in [0.05, 0.1) is 0 Å². The number of nitrogens with one attached hydrogen (secondary N) is 1. The SMILES string of the molecule is NC[C@H]1O[C@@](O)(n2c(N)c(C(N)=O)[nH]c2=S)[C@H](O)[C@@H]1O. The Morgan fingerprint density at radius 2 is 2.15 bits per heavy atom. The van der Waals surface area contributed by atoms with Gasteiger partial charge < -0.3 is 42.2 Å². The molecule has 1 aromatic rings. The van der Waals surface area contributed by atoms with Crippen molar-refractivity contribution in [1.29, 1.82) is 0 Å². The summed E-state index contributed by atoms with van der Waals surface area (Å²) in [6.45, 7) is -0.152. The summed E-state index contributed by atoms with van der Waals surface area (Å²) in [6, 6.07) is 0. The second-order valence-electron chi connectivity index (χ2n) is 4.38. The van der Waals surface area contributed by atoms with Gasteiger partial charge in [0.25, 0.3) is 11.8 Å². The lowest BCUT2D eigenvalue weighted by atomic mass is 10.1. The van der Waals surface area contributed by atoms with Crippen molar-refractivity contribution in [3.63, 3.8) is 0 Å². The second-order valence-corrected chi connectivity index (χ2v) is 4.76. The molecule has 0 saturated carbocycles. The molecule has 1 aliphatic rings. The van der Waals surface area contributed by atoms with Gasteiger partial charge >= 0.3 is 0 Å². The number of aromatic amines is 1. The average Bonchev–Trinajstić information content (AvgIpc) is 2.80. The number of carbonyl (C=O) groups excluding carboxylic acids is 1. The summed E-state index contributed by atoms with van der Waals surface area (Å²) in [6.07, 6.45) is -4.23. The number of aromatic nitrogens is 2. The largest absolute Gasteiger partial charge is 0.387 e. The lowest BCUT2D eigenvalue weighted by Crippen LogP contribution is -2.46. The van der Waals surface area contributed by atoms with E-state index in [-0.39, 0.29) is 22.8 Å². The number of aliphatic hydroxyl groups is 3. The van der Waals surface area contributed by atoms with Crippen LogP contribution in [0.15, 0.2) is 0 Å². The van der Waals surface area contributed by atoms with E-state index in [0.717, 1.165) is 4.57 Å². The minimum atomic E-state index is -2.45. The van der Waals surface area contributed by atoms with E-state index < -0.39 is 30.1 Å². The zero-order chi connectivity index (χ0) is 15.2. The van der Waals surface area contributed by atoms with E-state index in [1.807, 2.05) is 0 Å². The molecule has 1 aromatic heterocycles. The summed E-state index contributed by atoms with van der Waals surface area (Å²) in [7, 11) is 0. The molecule has 0 spiro atoms. The average molecular weight is 305 g/mol. The summed E-state index contributed by atoms with van der Waals surface area (Å²) in [5.74, 6) is -3.68. The summed E-state index contributed by atoms with van der Waals surface area (Å²) >= 11 is 4.91. The summed E-state index contributed by atoms with van der Waals surface area (Å²) < 4.78 is 5.70. The number of amides is 1. The van der Waals surface area contributed by atoms with Crippen molar-refractivity contribution in [3.8, 4) is 0 Å². The molecule has 1 aliphatic heterocycles. The van der Waals surface area contributed by atoms with Gasteiger partial charge in [-0.25, -0.2) is 4.57 Å². The first kappa shape index (κ1) is 14.9. The van der Waals surface area contributed by atoms with Gasteiger partial charge in [-0.3, -0.25) is 4.79 Å². The van der Waals surface area contributed by atoms with Gasteiger partial charge in [0.2, 0.25) is 0 Å². The second kappa shape index (κ2) is 4.80. The van der Waals surface area contributed by atoms with Gasteiger partial charge in [0.15, 0.2) is 10.9 Å². The van der Waals surface area contributed by atoms with E-state index in [1.54, 1.807) is 0 Å². The molecule has 0 aromatic carbocycles. The smallest absolute Gasteiger partial charge is 0.287 e. The summed E-state index contributed by atoms with van der Waals surface area (Å²) in [5.41, 5.74) is 15.9. The number of hydrogen-bond acceptors (Lipinski definition) is 8. The van der Waals surface area contributed by atoms with E-state index in [4.69, 9.17) is 34.2 Å². The molecule has 4 atom stereocenters. The number of nitrogen functional groups attached to an aromatic ring is 1. The van der Waals surface area contributed by atoms with Crippen molar-refractivity contribution >= 4 is 23.9 Å². The third-order valence-corrected chi connectivity index (χ3v) is 3.43. The van der Waals surface area contributed by atoms with Crippen LogP contribution in [0.25, 0.3) is 0 Å². The van der Waals surface area contributed by atoms with Crippen LogP contribution in [0, 0.1) is 4.77 Å². The molecule has 10 nitrogen and oxygen atoms in total. The number of hydrogen-bond donors (Lipinski definition) is 7. The number of anilines is 1. The quantitative estimate of drug-likeness (QED) is 0.286. The van der Waals surface area contributed by atoms with Crippen LogP contribution in [0.1, 0.15) is 10.5 Å². The Labute approximate surface area is 117 Å². The maximum absolute atomic E-state index is 11.2. The summed E-state index contributed by atoms with van der Waals surface area (Å²) in [5, 5.41) is 30.1. The molecule has 10 N–H and O–H groups in total. The number of H-pyrrole nitrogens is 1. The van der Waals surface area contributed by atoms with Crippen LogP contribution in [-0.2, 0) is 10.6 Å². The number of rotatable bonds is 3. The fraction of sp³-hybridized carbons (Fsp3) is 0.556. The van der Waals surface area contributed by atoms with Crippen LogP contribution < -0.4 is 17.2 Å². The number of imidazole rings is 1. The van der Waals surface area contributed by atoms with Crippen LogP contribution in [0.4, 0.5) is 5.82 Å². The van der Waals surface area contributed by atoms with Gasteiger partial charge in [0, 0.05) is 6.54 Å². The Kier molecular flexibility index (Phi) is 3.58. The van der Waals surface area contributed by atoms with E-state index in [0.29, 0.717) is 0 Å². The van der Waals surface area contributed by atoms with Gasteiger partial charge in [-0.2, -0.15) is 0 Å². The highest BCUT2D eigenvalue weighted by Gasteiger charge is 2.55. The first-order valence-electron chi connectivity index (χ1n) is 5.61. The molecule has 0 bridgehead atoms. The van der Waals surface area contributed by atoms with E-state index in [2.05, 4.69) is 4.98 Å². The van der Waals surface area contributed by atoms with Crippen molar-refractivity contribution < 1.29 is 24.9 Å². The number of aliphatic hydroxyl groups excluding tert-OH is 2. The Balaban J connectivity index is 2.57. The summed E-state index contributed by atoms with van der Waals surface area (Å²) in [4.78, 5) is 13.6. The number of carbonyl (C=O) groups is 1. The van der Waals surface area contributed by atoms with Crippen LogP contribution >= 0.6 is 12.2 Å². The zero-order valence-electron chi connectivity index (χ0n) is 10.2. The Morgan fingerprint density at radius 1 is 1.55 bits per heavy atom. The third-order valence-electron chi connectivity index (χ3n) is 3.15. The monoisotopic (exact) mass is 305 g/mol. The van der Waals surface area contributed by atoms with Crippen molar-refractivity contribution in [2.24, 2.45) is 11.5 Å². The molecule has 0 unspecified atom stereocenters. The molecule has 2 heterocycles. The Hall–Kier alpha value is -1.50. The topological polar surface area (TPSA) is 186 Å². The van der Waals surface area contributed by atoms with E-state index in [9.17, 15) is 20.1 Å². The first-order valence-corrected chi connectivity index (χ1v) is 6.02. The first-order chi connectivity index (χ1) is 9.24. The lowest BCUT2D eigenvalue weighted by Gasteiger charge is -2.28. The Morgan fingerprint density at radius 3 is 2.55 bits per heavy atom. The van der Waals surface area contributed by atoms with Crippen LogP contribution in [0.5, 0.6) is 0 Å². The number of primary amides is 1. The molecule has 0 radical (unpaired) electrons. The van der Waals surface area contributed by atoms with Crippen LogP contribution in [0.3, 0.4) is 0 Å². The highest BCUT2D eigenvalue weighted by Crippen LogP contribution is 2.35. The van der Waals surface area contributed by atoms with Crippen LogP contribution in [-0.4, -0.2) is 55.6 Å². The number of ether oxygens (including phenoxy) is 1. The van der Waals surface area contributed by atoms with Crippen molar-refractivity contribution in [1.82, 2.24) is 9.55 Å². The standard InChI is InChI=1S/C9H15N5O5S/c10-1-2-4(15)5(16)9(18,19-2)14-6(11)3(7(12)17)13-8(14)20/h2,4-5,15-16,18H,1,10-11H2,(H2,12,17)(H,13,20)/t2-,4-,5-,9-/m1/s1. The minimum Gasteiger partial charge on any atom is -0.387 e. The van der Waals surface area contributed by atoms with Crippen molar-refractivity contribution in [2.75, 3.05) is 12.3 Å². The van der Waals surface area contributed by atoms with Crippen LogP contribution in [0.2, 0.25) is 0 Å². The molecule has 1 saturated heterocycles. The van der Waals surface area contributed by atoms with Gasteiger partial charge in [-0.15, -0.1) is 0 Å². The molecule has 2 rings (SSSR count). The molecule has 20 heavy (non-hydrogen) atoms. The van der Waals surface area contributed by atoms with Gasteiger partial charge in [-0.1, -0.05) is 0 Å². The van der Waals surface area contributed by atoms with E-state index in [1.165, 1.54) is 0 Å². The number of nitrogens with two attached hydrogens (primary N) is 3. The fourth-order valence-corrected chi connectivity index (χ4v) is 2.45. The number of nitrogens with zero attached hydrogens (tertiary/aromatic N) is 1. The van der Waals surface area contributed by atoms with Gasteiger partial charge in [0.1, 0.15) is 23.7 Å². The molecular formula is C9H15N5O5S. The lowest BCUT2D eigenvalue weighted by molar-refractivity contribution is -0.285. The predicted octanol–water partition coefficient (Wildman–Crippen LogP) is -3.09. The maximum Gasteiger partial charge on any atom is 0.287 e. The Bertz CT molecular complexity index is 600. The third kappa shape index (κ3) is 1.91. The zero-order valence-corrected chi connectivity index (χ0v) is 11.0. The molecule has 1 fully saturated rings. The van der Waals surface area contributed by atoms with Gasteiger partial charge in [-0.05, 0) is 12.2 Å². The minimum absolute atomic E-state index is 0.152. The molecule has 11 heteroatoms. The predicted molar refractivity (Wildman–Crippen MR) is 68.7 cm³/mol. The molecular weight excluding hydrogens is 290 g/mol. The maximum atomic E-state index is 11.2. The normalized spacial score (nSPS) is 33.5. The molecule has 1 amide bonds. The van der Waals surface area contributed by atoms with Crippen molar-refractivity contribution in [3.05, 3.63) is 10.5 Å². The van der Waals surface area contributed by atoms with Crippen molar-refractivity contribution in [2.45, 2.75) is 24.2 Å². The molecule has 0 aliphatic carbocycles. The fourth-order valence-electron chi connectivity index (χ4n) is 2.11.